The van der Waals surface area contributed by atoms with Crippen LogP contribution in [0, 0.1) is 28.6 Å². The van der Waals surface area contributed by atoms with E-state index in [1.54, 1.807) is 58.2 Å². The van der Waals surface area contributed by atoms with Gasteiger partial charge in [-0.1, -0.05) is 69.0 Å². The standard InChI is InChI=1S/C52H59F2N3O11/c1-28-16-18-49(4)37(20-28)38(53)24-36-35-25-43-52(42(61)27-58,50(35,5)26-41(60)51(36,49)54)68-48(67-43)33-11-8-31(9-12-33)22-32-10-13-39(40(23-32)66-7)56(6)47(65)30(3)55-46(64)29(2)21-34(59)17-19-57-44(62)14-15-45(57)63/h8-16,18,20,23,29-30,35-36,38,41,43,48,58,60H,1,17,19,21-22,24-27H2,2-7H3,(H,55,64)/t29-,30+,35+,36+,38+,41+,43-,48-,49+,50+,51+,52-/m1/s1. The molecule has 4 amide bonds. The molecule has 2 heterocycles. The van der Waals surface area contributed by atoms with Gasteiger partial charge < -0.3 is 34.6 Å². The number of nitrogens with zero attached hydrogens (tertiary/aromatic N) is 2. The topological polar surface area (TPSA) is 189 Å². The van der Waals surface area contributed by atoms with Crippen molar-refractivity contribution in [3.05, 3.63) is 107 Å². The summed E-state index contributed by atoms with van der Waals surface area (Å²) in [5.41, 5.74) is -3.02. The molecule has 0 spiro atoms. The van der Waals surface area contributed by atoms with Gasteiger partial charge in [-0.15, -0.1) is 0 Å². The molecule has 2 aromatic carbocycles. The summed E-state index contributed by atoms with van der Waals surface area (Å²) in [7, 11) is 3.04. The highest BCUT2D eigenvalue weighted by molar-refractivity contribution is 6.13. The number of anilines is 1. The SMILES string of the molecule is C=C1C=C[C@@]2(C)C(=C1)[C@@H](F)C[C@H]1[C@@H]3C[C@H]4O[C@@H](c5ccc(Cc6ccc(N(C)C(=O)[C@H](C)NC(=O)[C@H](C)CC(=O)CCN7C(=O)C=CC7=O)c(OC)c6)cc5)O[C@@]4(C(=O)CO)[C@@]3(C)C[C@H](O)[C@@]12F. The number of Topliss-reactive ketones (excluding diaryl/α,β-unsaturated/α-hetero) is 2. The zero-order valence-electron chi connectivity index (χ0n) is 39.1. The third-order valence-corrected chi connectivity index (χ3v) is 15.8. The number of carbonyl (C=O) groups excluding carboxylic acids is 6. The number of ketones is 2. The van der Waals surface area contributed by atoms with E-state index in [0.717, 1.165) is 28.2 Å². The molecule has 2 aliphatic heterocycles. The highest BCUT2D eigenvalue weighted by atomic mass is 19.1. The van der Waals surface area contributed by atoms with E-state index in [9.17, 15) is 39.0 Å². The Morgan fingerprint density at radius 2 is 1.69 bits per heavy atom. The summed E-state index contributed by atoms with van der Waals surface area (Å²) < 4.78 is 52.8. The number of benzene rings is 2. The number of alkyl halides is 2. The van der Waals surface area contributed by atoms with Crippen molar-refractivity contribution in [1.82, 2.24) is 10.2 Å². The highest BCUT2D eigenvalue weighted by Gasteiger charge is 2.80. The molecule has 6 aliphatic rings. The molecule has 4 fully saturated rings. The monoisotopic (exact) mass is 939 g/mol. The Hall–Kier alpha value is -5.68. The number of amides is 4. The molecule has 3 saturated carbocycles. The maximum atomic E-state index is 17.9. The van der Waals surface area contributed by atoms with Crippen LogP contribution < -0.4 is 15.0 Å². The minimum absolute atomic E-state index is 0.0752. The first-order chi connectivity index (χ1) is 32.1. The third-order valence-electron chi connectivity index (χ3n) is 15.8. The van der Waals surface area contributed by atoms with E-state index in [-0.39, 0.29) is 50.0 Å². The van der Waals surface area contributed by atoms with Crippen LogP contribution in [-0.2, 0) is 44.7 Å². The molecule has 0 radical (unpaired) electrons. The molecule has 1 saturated heterocycles. The normalized spacial score (nSPS) is 33.2. The zero-order chi connectivity index (χ0) is 49.2. The lowest BCUT2D eigenvalue weighted by molar-refractivity contribution is -0.235. The van der Waals surface area contributed by atoms with Crippen LogP contribution in [0.5, 0.6) is 5.75 Å². The summed E-state index contributed by atoms with van der Waals surface area (Å²) in [4.78, 5) is 78.9. The summed E-state index contributed by atoms with van der Waals surface area (Å²) in [5, 5.41) is 24.9. The molecule has 0 bridgehead atoms. The number of nitrogens with one attached hydrogen (secondary N) is 1. The third kappa shape index (κ3) is 7.77. The quantitative estimate of drug-likeness (QED) is 0.197. The Morgan fingerprint density at radius 3 is 2.35 bits per heavy atom. The van der Waals surface area contributed by atoms with Gasteiger partial charge in [0.2, 0.25) is 11.8 Å². The number of ether oxygens (including phenoxy) is 3. The maximum absolute atomic E-state index is 17.9. The van der Waals surface area contributed by atoms with E-state index in [4.69, 9.17) is 14.2 Å². The molecule has 0 unspecified atom stereocenters. The summed E-state index contributed by atoms with van der Waals surface area (Å²) in [5.74, 6) is -4.80. The van der Waals surface area contributed by atoms with Crippen molar-refractivity contribution in [1.29, 1.82) is 0 Å². The Morgan fingerprint density at radius 1 is 1.01 bits per heavy atom. The average molecular weight is 940 g/mol. The first kappa shape index (κ1) is 48.8. The lowest BCUT2D eigenvalue weighted by Crippen LogP contribution is -2.70. The van der Waals surface area contributed by atoms with Crippen molar-refractivity contribution < 1.29 is 62.0 Å². The highest BCUT2D eigenvalue weighted by Crippen LogP contribution is 2.72. The Balaban J connectivity index is 0.905. The number of carbonyl (C=O) groups is 6. The van der Waals surface area contributed by atoms with Crippen LogP contribution in [0.15, 0.2) is 90.6 Å². The van der Waals surface area contributed by atoms with Crippen LogP contribution in [0.3, 0.4) is 0 Å². The lowest BCUT2D eigenvalue weighted by atomic mass is 9.44. The number of likely N-dealkylation sites (N-methyl/N-ethyl adjacent to an activating group) is 1. The number of methoxy groups -OCH3 is 1. The largest absolute Gasteiger partial charge is 0.495 e. The Bertz CT molecular complexity index is 2520. The van der Waals surface area contributed by atoms with Crippen molar-refractivity contribution in [2.24, 2.45) is 28.6 Å². The van der Waals surface area contributed by atoms with Gasteiger partial charge in [0.05, 0.1) is 25.0 Å². The number of fused-ring (bicyclic) bond motifs is 7. The second kappa shape index (κ2) is 18.0. The number of aliphatic hydroxyl groups is 2. The van der Waals surface area contributed by atoms with Crippen molar-refractivity contribution in [2.45, 2.75) is 108 Å². The van der Waals surface area contributed by atoms with Crippen molar-refractivity contribution in [2.75, 3.05) is 32.2 Å². The molecule has 8 rings (SSSR count). The van der Waals surface area contributed by atoms with Crippen molar-refractivity contribution in [3.8, 4) is 5.75 Å². The van der Waals surface area contributed by atoms with E-state index in [1.165, 1.54) is 18.9 Å². The van der Waals surface area contributed by atoms with Crippen LogP contribution in [0.25, 0.3) is 0 Å². The number of allylic oxidation sites excluding steroid dienone is 5. The molecule has 362 valence electrons. The second-order valence-corrected chi connectivity index (χ2v) is 19.8. The van der Waals surface area contributed by atoms with Gasteiger partial charge in [0.1, 0.15) is 30.4 Å². The predicted molar refractivity (Wildman–Crippen MR) is 244 cm³/mol. The van der Waals surface area contributed by atoms with E-state index in [2.05, 4.69) is 11.9 Å². The average Bonchev–Trinajstić information content (AvgIpc) is 3.94. The first-order valence-electron chi connectivity index (χ1n) is 23.1. The Kier molecular flexibility index (Phi) is 12.9. The molecule has 16 heteroatoms. The van der Waals surface area contributed by atoms with Crippen LogP contribution >= 0.6 is 0 Å². The summed E-state index contributed by atoms with van der Waals surface area (Å²) in [6.45, 7) is 9.46. The fourth-order valence-corrected chi connectivity index (χ4v) is 12.2. The molecule has 3 N–H and O–H groups in total. The minimum atomic E-state index is -2.25. The molecule has 2 aromatic rings. The molecular weight excluding hydrogens is 881 g/mol. The summed E-state index contributed by atoms with van der Waals surface area (Å²) in [6, 6.07) is 11.8. The second-order valence-electron chi connectivity index (χ2n) is 19.8. The van der Waals surface area contributed by atoms with Gasteiger partial charge in [0.25, 0.3) is 11.8 Å². The number of halogens is 2. The smallest absolute Gasteiger partial charge is 0.253 e. The number of hydrogen-bond donors (Lipinski definition) is 3. The van der Waals surface area contributed by atoms with Gasteiger partial charge in [0.15, 0.2) is 23.3 Å². The molecular formula is C52H59F2N3O11. The molecule has 68 heavy (non-hydrogen) atoms. The van der Waals surface area contributed by atoms with Crippen LogP contribution in [0.4, 0.5) is 14.5 Å². The van der Waals surface area contributed by atoms with Gasteiger partial charge in [-0.25, -0.2) is 8.78 Å². The van der Waals surface area contributed by atoms with Gasteiger partial charge >= 0.3 is 0 Å². The van der Waals surface area contributed by atoms with Crippen molar-refractivity contribution in [3.63, 3.8) is 0 Å². The van der Waals surface area contributed by atoms with E-state index in [1.807, 2.05) is 30.3 Å². The fourth-order valence-electron chi connectivity index (χ4n) is 12.2. The van der Waals surface area contributed by atoms with Crippen LogP contribution in [-0.4, -0.2) is 113 Å². The van der Waals surface area contributed by atoms with Gasteiger partial charge in [0, 0.05) is 66.8 Å². The van der Waals surface area contributed by atoms with E-state index < -0.39 is 107 Å². The maximum Gasteiger partial charge on any atom is 0.253 e. The van der Waals surface area contributed by atoms with E-state index >= 15 is 8.78 Å². The summed E-state index contributed by atoms with van der Waals surface area (Å²) >= 11 is 0. The molecule has 14 nitrogen and oxygen atoms in total. The molecule has 0 aromatic heterocycles. The molecule has 4 aliphatic carbocycles. The van der Waals surface area contributed by atoms with Crippen molar-refractivity contribution >= 4 is 40.9 Å². The van der Waals surface area contributed by atoms with Gasteiger partial charge in [-0.2, -0.15) is 0 Å². The number of aliphatic hydroxyl groups excluding tert-OH is 2. The minimum Gasteiger partial charge on any atom is -0.495 e. The summed E-state index contributed by atoms with van der Waals surface area (Å²) in [6.07, 6.45) is 2.15. The predicted octanol–water partition coefficient (Wildman–Crippen LogP) is 5.29. The van der Waals surface area contributed by atoms with Crippen LogP contribution in [0.2, 0.25) is 0 Å². The first-order valence-corrected chi connectivity index (χ1v) is 23.1. The number of hydrogen-bond acceptors (Lipinski definition) is 11. The van der Waals surface area contributed by atoms with Gasteiger partial charge in [-0.3, -0.25) is 33.7 Å². The molecule has 12 atom stereocenters. The number of rotatable bonds is 15. The van der Waals surface area contributed by atoms with Gasteiger partial charge in [-0.05, 0) is 79.9 Å². The van der Waals surface area contributed by atoms with E-state index in [0.29, 0.717) is 29.0 Å². The number of imide groups is 1. The lowest BCUT2D eigenvalue weighted by Gasteiger charge is -2.63. The fraction of sp³-hybridized carbons (Fsp3) is 0.500. The zero-order valence-corrected chi connectivity index (χ0v) is 39.1. The van der Waals surface area contributed by atoms with Crippen LogP contribution in [0.1, 0.15) is 82.8 Å². The Labute approximate surface area is 394 Å².